The molecule has 0 aliphatic rings. The van der Waals surface area contributed by atoms with Crippen LogP contribution in [0.3, 0.4) is 0 Å². The van der Waals surface area contributed by atoms with Crippen molar-refractivity contribution in [1.29, 1.82) is 0 Å². The third kappa shape index (κ3) is 6.11. The Morgan fingerprint density at radius 3 is 2.63 bits per heavy atom. The molecule has 0 bridgehead atoms. The zero-order chi connectivity index (χ0) is 18.9. The zero-order valence-electron chi connectivity index (χ0n) is 15.2. The number of rotatable bonds is 8. The van der Waals surface area contributed by atoms with Crippen molar-refractivity contribution < 1.29 is 9.53 Å². The predicted molar refractivity (Wildman–Crippen MR) is 106 cm³/mol. The van der Waals surface area contributed by atoms with Crippen molar-refractivity contribution >= 4 is 23.1 Å². The van der Waals surface area contributed by atoms with Crippen molar-refractivity contribution in [3.05, 3.63) is 72.7 Å². The topological polar surface area (TPSA) is 76.1 Å². The monoisotopic (exact) mass is 362 g/mol. The van der Waals surface area contributed by atoms with Crippen molar-refractivity contribution in [2.75, 3.05) is 17.2 Å². The highest BCUT2D eigenvalue weighted by molar-refractivity contribution is 5.91. The molecule has 0 aliphatic carbocycles. The normalized spacial score (nSPS) is 10.3. The van der Waals surface area contributed by atoms with E-state index in [0.717, 1.165) is 22.8 Å². The van der Waals surface area contributed by atoms with E-state index in [1.54, 1.807) is 0 Å². The molecule has 27 heavy (non-hydrogen) atoms. The lowest BCUT2D eigenvalue weighted by Crippen LogP contribution is -2.13. The number of aryl methyl sites for hydroxylation is 1. The molecular weight excluding hydrogens is 340 g/mol. The minimum absolute atomic E-state index is 0.0401. The molecule has 2 aromatic carbocycles. The van der Waals surface area contributed by atoms with Crippen molar-refractivity contribution in [2.24, 2.45) is 0 Å². The van der Waals surface area contributed by atoms with Gasteiger partial charge in [0.05, 0.1) is 6.61 Å². The Bertz CT molecular complexity index is 884. The second-order valence-electron chi connectivity index (χ2n) is 6.06. The number of hydrogen-bond acceptors (Lipinski definition) is 5. The molecule has 0 spiro atoms. The molecule has 6 nitrogen and oxygen atoms in total. The summed E-state index contributed by atoms with van der Waals surface area (Å²) in [5.41, 5.74) is 2.47. The standard InChI is InChI=1S/C21H22N4O2/c1-16-13-20(23-15-22-16)24-17-7-5-8-18(14-17)25-21(26)11-6-12-27-19-9-3-2-4-10-19/h2-5,7-10,13-15H,6,11-12H2,1H3,(H,25,26)(H,22,23,24). The van der Waals surface area contributed by atoms with Crippen LogP contribution in [0.1, 0.15) is 18.5 Å². The molecule has 0 saturated carbocycles. The average molecular weight is 362 g/mol. The average Bonchev–Trinajstić information content (AvgIpc) is 2.66. The van der Waals surface area contributed by atoms with Gasteiger partial charge in [-0.15, -0.1) is 0 Å². The summed E-state index contributed by atoms with van der Waals surface area (Å²) < 4.78 is 5.60. The predicted octanol–water partition coefficient (Wildman–Crippen LogP) is 4.33. The highest BCUT2D eigenvalue weighted by atomic mass is 16.5. The number of nitrogens with zero attached hydrogens (tertiary/aromatic N) is 2. The van der Waals surface area contributed by atoms with Crippen LogP contribution in [0.5, 0.6) is 5.75 Å². The van der Waals surface area contributed by atoms with Gasteiger partial charge in [-0.25, -0.2) is 9.97 Å². The number of carbonyl (C=O) groups excluding carboxylic acids is 1. The zero-order valence-corrected chi connectivity index (χ0v) is 15.2. The number of ether oxygens (including phenoxy) is 1. The summed E-state index contributed by atoms with van der Waals surface area (Å²) in [4.78, 5) is 20.4. The van der Waals surface area contributed by atoms with E-state index in [1.165, 1.54) is 6.33 Å². The summed E-state index contributed by atoms with van der Waals surface area (Å²) in [5.74, 6) is 1.49. The fourth-order valence-electron chi connectivity index (χ4n) is 2.51. The van der Waals surface area contributed by atoms with Crippen molar-refractivity contribution in [1.82, 2.24) is 9.97 Å². The van der Waals surface area contributed by atoms with Gasteiger partial charge in [-0.3, -0.25) is 4.79 Å². The van der Waals surface area contributed by atoms with E-state index in [1.807, 2.05) is 67.6 Å². The molecular formula is C21H22N4O2. The van der Waals surface area contributed by atoms with Gasteiger partial charge in [0.15, 0.2) is 0 Å². The molecule has 6 heteroatoms. The molecule has 1 heterocycles. The Balaban J connectivity index is 1.46. The quantitative estimate of drug-likeness (QED) is 0.584. The van der Waals surface area contributed by atoms with Gasteiger partial charge in [-0.05, 0) is 43.7 Å². The van der Waals surface area contributed by atoms with Gasteiger partial charge in [-0.2, -0.15) is 0 Å². The molecule has 2 N–H and O–H groups in total. The maximum atomic E-state index is 12.1. The van der Waals surface area contributed by atoms with Gasteiger partial charge in [0.25, 0.3) is 0 Å². The lowest BCUT2D eigenvalue weighted by atomic mass is 10.2. The molecule has 0 atom stereocenters. The summed E-state index contributed by atoms with van der Waals surface area (Å²) in [5, 5.41) is 6.12. The number of nitrogens with one attached hydrogen (secondary N) is 2. The molecule has 3 aromatic rings. The van der Waals surface area contributed by atoms with Gasteiger partial charge >= 0.3 is 0 Å². The lowest BCUT2D eigenvalue weighted by Gasteiger charge is -2.10. The van der Waals surface area contributed by atoms with Crippen LogP contribution in [0.25, 0.3) is 0 Å². The molecule has 1 amide bonds. The fraction of sp³-hybridized carbons (Fsp3) is 0.190. The molecule has 3 rings (SSSR count). The van der Waals surface area contributed by atoms with Gasteiger partial charge in [0.1, 0.15) is 17.9 Å². The molecule has 0 saturated heterocycles. The van der Waals surface area contributed by atoms with Crippen LogP contribution in [0.2, 0.25) is 0 Å². The number of para-hydroxylation sites is 1. The maximum Gasteiger partial charge on any atom is 0.224 e. The molecule has 1 aromatic heterocycles. The first-order valence-corrected chi connectivity index (χ1v) is 8.82. The smallest absolute Gasteiger partial charge is 0.224 e. The fourth-order valence-corrected chi connectivity index (χ4v) is 2.51. The van der Waals surface area contributed by atoms with Crippen LogP contribution in [-0.2, 0) is 4.79 Å². The van der Waals surface area contributed by atoms with Gasteiger partial charge in [-0.1, -0.05) is 24.3 Å². The Hall–Kier alpha value is -3.41. The maximum absolute atomic E-state index is 12.1. The SMILES string of the molecule is Cc1cc(Nc2cccc(NC(=O)CCCOc3ccccc3)c2)ncn1. The summed E-state index contributed by atoms with van der Waals surface area (Å²) in [6.07, 6.45) is 2.56. The lowest BCUT2D eigenvalue weighted by molar-refractivity contribution is -0.116. The first-order chi connectivity index (χ1) is 13.2. The molecule has 0 radical (unpaired) electrons. The summed E-state index contributed by atoms with van der Waals surface area (Å²) >= 11 is 0. The van der Waals surface area contributed by atoms with E-state index in [2.05, 4.69) is 20.6 Å². The number of amides is 1. The minimum Gasteiger partial charge on any atom is -0.494 e. The number of carbonyl (C=O) groups is 1. The number of anilines is 3. The molecule has 0 aliphatic heterocycles. The summed E-state index contributed by atoms with van der Waals surface area (Å²) in [6.45, 7) is 2.41. The largest absolute Gasteiger partial charge is 0.494 e. The van der Waals surface area contributed by atoms with E-state index in [0.29, 0.717) is 25.3 Å². The second kappa shape index (κ2) is 9.33. The van der Waals surface area contributed by atoms with Crippen LogP contribution in [0, 0.1) is 6.92 Å². The Labute approximate surface area is 158 Å². The van der Waals surface area contributed by atoms with Crippen LogP contribution in [0.15, 0.2) is 67.0 Å². The van der Waals surface area contributed by atoms with Crippen LogP contribution in [0.4, 0.5) is 17.2 Å². The van der Waals surface area contributed by atoms with E-state index < -0.39 is 0 Å². The van der Waals surface area contributed by atoms with Gasteiger partial charge in [0.2, 0.25) is 5.91 Å². The Morgan fingerprint density at radius 1 is 1.00 bits per heavy atom. The van der Waals surface area contributed by atoms with E-state index in [4.69, 9.17) is 4.74 Å². The van der Waals surface area contributed by atoms with E-state index in [9.17, 15) is 4.79 Å². The van der Waals surface area contributed by atoms with E-state index in [-0.39, 0.29) is 5.91 Å². The highest BCUT2D eigenvalue weighted by Crippen LogP contribution is 2.19. The molecule has 138 valence electrons. The van der Waals surface area contributed by atoms with Crippen LogP contribution >= 0.6 is 0 Å². The van der Waals surface area contributed by atoms with Gasteiger partial charge in [0, 0.05) is 29.6 Å². The number of hydrogen-bond donors (Lipinski definition) is 2. The third-order valence-electron chi connectivity index (χ3n) is 3.78. The first-order valence-electron chi connectivity index (χ1n) is 8.82. The minimum atomic E-state index is -0.0401. The highest BCUT2D eigenvalue weighted by Gasteiger charge is 2.04. The van der Waals surface area contributed by atoms with E-state index >= 15 is 0 Å². The van der Waals surface area contributed by atoms with Crippen LogP contribution in [-0.4, -0.2) is 22.5 Å². The van der Waals surface area contributed by atoms with Crippen molar-refractivity contribution in [3.8, 4) is 5.75 Å². The first kappa shape index (κ1) is 18.4. The second-order valence-corrected chi connectivity index (χ2v) is 6.06. The van der Waals surface area contributed by atoms with Gasteiger partial charge < -0.3 is 15.4 Å². The van der Waals surface area contributed by atoms with Crippen molar-refractivity contribution in [2.45, 2.75) is 19.8 Å². The number of aromatic nitrogens is 2. The van der Waals surface area contributed by atoms with Crippen molar-refractivity contribution in [3.63, 3.8) is 0 Å². The van der Waals surface area contributed by atoms with Crippen LogP contribution < -0.4 is 15.4 Å². The Kier molecular flexibility index (Phi) is 6.35. The summed E-state index contributed by atoms with van der Waals surface area (Å²) in [6, 6.07) is 19.0. The Morgan fingerprint density at radius 2 is 1.81 bits per heavy atom. The molecule has 0 fully saturated rings. The molecule has 0 unspecified atom stereocenters. The summed E-state index contributed by atoms with van der Waals surface area (Å²) in [7, 11) is 0. The number of benzene rings is 2. The third-order valence-corrected chi connectivity index (χ3v) is 3.78.